The van der Waals surface area contributed by atoms with Crippen LogP contribution in [-0.4, -0.2) is 55.5 Å². The maximum Gasteiger partial charge on any atom is 0.435 e. The minimum atomic E-state index is -4.50. The Morgan fingerprint density at radius 3 is 2.44 bits per heavy atom. The zero-order valence-corrected chi connectivity index (χ0v) is 16.7. The summed E-state index contributed by atoms with van der Waals surface area (Å²) in [5, 5.41) is 14.3. The number of hydrogen-bond donors (Lipinski definition) is 1. The summed E-state index contributed by atoms with van der Waals surface area (Å²) in [4.78, 5) is 10.6. The highest BCUT2D eigenvalue weighted by molar-refractivity contribution is 5.71. The lowest BCUT2D eigenvalue weighted by Crippen LogP contribution is -2.26. The number of hydrogen-bond acceptors (Lipinski definition) is 7. The van der Waals surface area contributed by atoms with Crippen LogP contribution in [0.25, 0.3) is 11.2 Å². The van der Waals surface area contributed by atoms with Crippen LogP contribution in [0.15, 0.2) is 24.5 Å². The Hall–Kier alpha value is -3.12. The van der Waals surface area contributed by atoms with Crippen molar-refractivity contribution in [2.75, 3.05) is 23.3 Å². The van der Waals surface area contributed by atoms with E-state index in [9.17, 15) is 22.0 Å². The second-order valence-electron chi connectivity index (χ2n) is 8.19. The van der Waals surface area contributed by atoms with Crippen LogP contribution in [-0.2, 0) is 12.7 Å². The van der Waals surface area contributed by atoms with Crippen molar-refractivity contribution in [3.05, 3.63) is 30.2 Å². The second-order valence-corrected chi connectivity index (χ2v) is 8.19. The molecule has 1 aliphatic heterocycles. The first-order valence-corrected chi connectivity index (χ1v) is 10.2. The fourth-order valence-corrected chi connectivity index (χ4v) is 4.64. The third kappa shape index (κ3) is 4.02. The van der Waals surface area contributed by atoms with Gasteiger partial charge in [0.1, 0.15) is 17.9 Å². The topological polar surface area (TPSA) is 84.7 Å². The minimum Gasteiger partial charge on any atom is -0.366 e. The number of alkyl halides is 5. The van der Waals surface area contributed by atoms with Gasteiger partial charge in [0.2, 0.25) is 0 Å². The molecule has 8 nitrogen and oxygen atoms in total. The molecule has 0 radical (unpaired) electrons. The maximum absolute atomic E-state index is 12.7. The van der Waals surface area contributed by atoms with Crippen molar-refractivity contribution >= 4 is 22.8 Å². The first-order valence-electron chi connectivity index (χ1n) is 10.2. The molecule has 0 amide bonds. The van der Waals surface area contributed by atoms with Gasteiger partial charge in [0.15, 0.2) is 17.2 Å². The standard InChI is InChI=1S/C19H19F5N8/c20-15(21)9-32-18-13(5-26-32)25-6-16(28-18)27-12-3-10-7-31(8-11(10)4-12)17-2-1-14(29-30-17)19(22,23)24/h1-2,5-6,10-12,15H,3-4,7-9H2,(H,27,28)/t10-,11+,12+. The van der Waals surface area contributed by atoms with Gasteiger partial charge in [-0.25, -0.2) is 23.4 Å². The molecule has 5 rings (SSSR count). The number of nitrogens with zero attached hydrogens (tertiary/aromatic N) is 7. The summed E-state index contributed by atoms with van der Waals surface area (Å²) < 4.78 is 64.6. The van der Waals surface area contributed by atoms with Gasteiger partial charge in [-0.15, -0.1) is 10.2 Å². The van der Waals surface area contributed by atoms with Crippen LogP contribution in [0.2, 0.25) is 0 Å². The van der Waals surface area contributed by atoms with Gasteiger partial charge in [0.25, 0.3) is 6.43 Å². The molecule has 2 aliphatic rings. The Balaban J connectivity index is 1.21. The Labute approximate surface area is 178 Å². The first-order chi connectivity index (χ1) is 15.3. The molecule has 170 valence electrons. The molecule has 0 aromatic carbocycles. The molecule has 3 aromatic heterocycles. The van der Waals surface area contributed by atoms with Crippen molar-refractivity contribution in [1.29, 1.82) is 0 Å². The van der Waals surface area contributed by atoms with Crippen LogP contribution in [0.3, 0.4) is 0 Å². The summed E-state index contributed by atoms with van der Waals surface area (Å²) in [7, 11) is 0. The van der Waals surface area contributed by atoms with Gasteiger partial charge in [0.05, 0.1) is 12.4 Å². The van der Waals surface area contributed by atoms with E-state index in [2.05, 4.69) is 30.6 Å². The lowest BCUT2D eigenvalue weighted by Gasteiger charge is -2.20. The summed E-state index contributed by atoms with van der Waals surface area (Å²) in [6, 6.07) is 2.46. The summed E-state index contributed by atoms with van der Waals surface area (Å²) in [5.41, 5.74) is -0.244. The molecule has 1 aliphatic carbocycles. The van der Waals surface area contributed by atoms with Crippen LogP contribution in [0, 0.1) is 11.8 Å². The van der Waals surface area contributed by atoms with Crippen molar-refractivity contribution in [3.63, 3.8) is 0 Å². The average molecular weight is 454 g/mol. The van der Waals surface area contributed by atoms with Gasteiger partial charge in [-0.3, -0.25) is 0 Å². The van der Waals surface area contributed by atoms with E-state index in [1.807, 2.05) is 4.90 Å². The second kappa shape index (κ2) is 7.78. The Bertz CT molecular complexity index is 1090. The fourth-order valence-electron chi connectivity index (χ4n) is 4.64. The van der Waals surface area contributed by atoms with Gasteiger partial charge in [-0.1, -0.05) is 0 Å². The molecular formula is C19H19F5N8. The average Bonchev–Trinajstić information content (AvgIpc) is 3.41. The van der Waals surface area contributed by atoms with E-state index in [1.54, 1.807) is 6.20 Å². The molecule has 3 aromatic rings. The van der Waals surface area contributed by atoms with Crippen molar-refractivity contribution in [2.45, 2.75) is 38.0 Å². The molecule has 13 heteroatoms. The molecular weight excluding hydrogens is 435 g/mol. The predicted molar refractivity (Wildman–Crippen MR) is 104 cm³/mol. The van der Waals surface area contributed by atoms with Crippen molar-refractivity contribution in [2.24, 2.45) is 11.8 Å². The van der Waals surface area contributed by atoms with Crippen LogP contribution in [0.1, 0.15) is 18.5 Å². The van der Waals surface area contributed by atoms with E-state index in [0.717, 1.165) is 23.6 Å². The van der Waals surface area contributed by atoms with Crippen LogP contribution < -0.4 is 10.2 Å². The number of rotatable bonds is 5. The van der Waals surface area contributed by atoms with E-state index >= 15 is 0 Å². The fraction of sp³-hybridized carbons (Fsp3) is 0.526. The normalized spacial score (nSPS) is 23.3. The SMILES string of the molecule is FC(F)Cn1ncc2ncc(N[C@H]3C[C@@H]4CN(c5ccc(C(F)(F)F)nn5)C[C@@H]4C3)nc21. The Morgan fingerprint density at radius 1 is 1.06 bits per heavy atom. The van der Waals surface area contributed by atoms with Gasteiger partial charge in [-0.2, -0.15) is 18.3 Å². The zero-order valence-electron chi connectivity index (χ0n) is 16.7. The number of anilines is 2. The molecule has 0 unspecified atom stereocenters. The van der Waals surface area contributed by atoms with Crippen molar-refractivity contribution in [1.82, 2.24) is 29.9 Å². The summed E-state index contributed by atoms with van der Waals surface area (Å²) in [6.45, 7) is 0.835. The van der Waals surface area contributed by atoms with E-state index < -0.39 is 24.8 Å². The van der Waals surface area contributed by atoms with Crippen molar-refractivity contribution < 1.29 is 22.0 Å². The molecule has 0 bridgehead atoms. The van der Waals surface area contributed by atoms with Crippen LogP contribution in [0.5, 0.6) is 0 Å². The van der Waals surface area contributed by atoms with E-state index in [4.69, 9.17) is 0 Å². The Morgan fingerprint density at radius 2 is 1.81 bits per heavy atom. The van der Waals surface area contributed by atoms with E-state index in [1.165, 1.54) is 12.3 Å². The molecule has 2 fully saturated rings. The summed E-state index contributed by atoms with van der Waals surface area (Å²) >= 11 is 0. The summed E-state index contributed by atoms with van der Waals surface area (Å²) in [5.74, 6) is 1.67. The van der Waals surface area contributed by atoms with Gasteiger partial charge in [-0.05, 0) is 36.8 Å². The lowest BCUT2D eigenvalue weighted by molar-refractivity contribution is -0.141. The molecule has 32 heavy (non-hydrogen) atoms. The van der Waals surface area contributed by atoms with Gasteiger partial charge in [0, 0.05) is 19.1 Å². The third-order valence-corrected chi connectivity index (χ3v) is 6.02. The van der Waals surface area contributed by atoms with E-state index in [-0.39, 0.29) is 6.04 Å². The predicted octanol–water partition coefficient (Wildman–Crippen LogP) is 3.23. The van der Waals surface area contributed by atoms with Crippen molar-refractivity contribution in [3.8, 4) is 0 Å². The van der Waals surface area contributed by atoms with Gasteiger partial charge < -0.3 is 10.2 Å². The number of fused-ring (bicyclic) bond motifs is 2. The van der Waals surface area contributed by atoms with Crippen LogP contribution in [0.4, 0.5) is 33.6 Å². The van der Waals surface area contributed by atoms with Crippen LogP contribution >= 0.6 is 0 Å². The maximum atomic E-state index is 12.7. The molecule has 4 heterocycles. The van der Waals surface area contributed by atoms with E-state index in [0.29, 0.717) is 47.7 Å². The Kier molecular flexibility index (Phi) is 5.05. The molecule has 1 saturated heterocycles. The highest BCUT2D eigenvalue weighted by atomic mass is 19.4. The number of nitrogens with one attached hydrogen (secondary N) is 1. The highest BCUT2D eigenvalue weighted by Gasteiger charge is 2.42. The number of halogens is 5. The third-order valence-electron chi connectivity index (χ3n) is 6.02. The zero-order chi connectivity index (χ0) is 22.5. The highest BCUT2D eigenvalue weighted by Crippen LogP contribution is 2.40. The minimum absolute atomic E-state index is 0.143. The number of aromatic nitrogens is 6. The quantitative estimate of drug-likeness (QED) is 0.593. The first kappa shape index (κ1) is 20.8. The largest absolute Gasteiger partial charge is 0.435 e. The molecule has 0 spiro atoms. The lowest BCUT2D eigenvalue weighted by atomic mass is 10.0. The smallest absolute Gasteiger partial charge is 0.366 e. The molecule has 3 atom stereocenters. The molecule has 1 saturated carbocycles. The van der Waals surface area contributed by atoms with Gasteiger partial charge >= 0.3 is 6.18 Å². The summed E-state index contributed by atoms with van der Waals surface area (Å²) in [6.07, 6.45) is -2.36. The molecule has 1 N–H and O–H groups in total. The monoisotopic (exact) mass is 454 g/mol.